The highest BCUT2D eigenvalue weighted by atomic mass is 32.1. The Morgan fingerprint density at radius 3 is 2.24 bits per heavy atom. The van der Waals surface area contributed by atoms with Gasteiger partial charge in [-0.1, -0.05) is 27.7 Å². The van der Waals surface area contributed by atoms with Gasteiger partial charge in [0, 0.05) is 22.4 Å². The molecule has 1 aromatic carbocycles. The number of hydrogen-bond acceptors (Lipinski definition) is 5. The van der Waals surface area contributed by atoms with Gasteiger partial charge in [-0.2, -0.15) is 0 Å². The number of hydrogen-bond donors (Lipinski definition) is 0. The molecule has 25 heavy (non-hydrogen) atoms. The van der Waals surface area contributed by atoms with Crippen LogP contribution in [0.2, 0.25) is 0 Å². The van der Waals surface area contributed by atoms with Crippen molar-refractivity contribution in [1.82, 2.24) is 9.97 Å². The molecule has 0 aliphatic carbocycles. The van der Waals surface area contributed by atoms with Crippen LogP contribution in [-0.2, 0) is 0 Å². The van der Waals surface area contributed by atoms with E-state index < -0.39 is 0 Å². The van der Waals surface area contributed by atoms with E-state index in [9.17, 15) is 0 Å². The Kier molecular flexibility index (Phi) is 6.37. The van der Waals surface area contributed by atoms with Crippen molar-refractivity contribution in [2.24, 2.45) is 0 Å². The molecule has 0 saturated carbocycles. The van der Waals surface area contributed by atoms with Crippen LogP contribution >= 0.6 is 11.3 Å². The first-order valence-corrected chi connectivity index (χ1v) is 9.41. The number of aryl methyl sites for hydroxylation is 1. The summed E-state index contributed by atoms with van der Waals surface area (Å²) in [5.74, 6) is 2.03. The molecule has 0 saturated heterocycles. The highest BCUT2D eigenvalue weighted by molar-refractivity contribution is 7.13. The van der Waals surface area contributed by atoms with Gasteiger partial charge in [0.15, 0.2) is 0 Å². The summed E-state index contributed by atoms with van der Waals surface area (Å²) in [4.78, 5) is 9.53. The fourth-order valence-electron chi connectivity index (χ4n) is 2.55. The number of ether oxygens (including phenoxy) is 2. The van der Waals surface area contributed by atoms with E-state index in [1.54, 1.807) is 25.6 Å². The monoisotopic (exact) mass is 358 g/mol. The van der Waals surface area contributed by atoms with Gasteiger partial charge in [-0.25, -0.2) is 9.97 Å². The van der Waals surface area contributed by atoms with E-state index >= 15 is 0 Å². The predicted octanol–water partition coefficient (Wildman–Crippen LogP) is 5.83. The molecule has 0 amide bonds. The summed E-state index contributed by atoms with van der Waals surface area (Å²) in [7, 11) is 3.35. The zero-order valence-corrected chi connectivity index (χ0v) is 16.8. The van der Waals surface area contributed by atoms with Crippen LogP contribution in [0.15, 0.2) is 23.6 Å². The molecule has 0 fully saturated rings. The number of thiazole rings is 1. The van der Waals surface area contributed by atoms with Crippen molar-refractivity contribution < 1.29 is 9.47 Å². The molecule has 2 heterocycles. The van der Waals surface area contributed by atoms with Crippen LogP contribution in [0.5, 0.6) is 11.5 Å². The van der Waals surface area contributed by atoms with Crippen molar-refractivity contribution in [2.75, 3.05) is 14.2 Å². The summed E-state index contributed by atoms with van der Waals surface area (Å²) >= 11 is 1.61. The first-order valence-electron chi connectivity index (χ1n) is 8.53. The van der Waals surface area contributed by atoms with E-state index in [0.29, 0.717) is 5.92 Å². The van der Waals surface area contributed by atoms with E-state index in [4.69, 9.17) is 19.4 Å². The molecule has 0 N–H and O–H groups in total. The van der Waals surface area contributed by atoms with E-state index in [1.165, 1.54) is 0 Å². The second-order valence-electron chi connectivity index (χ2n) is 5.73. The lowest BCUT2D eigenvalue weighted by Gasteiger charge is -2.12. The average Bonchev–Trinajstić information content (AvgIpc) is 3.13. The number of rotatable bonds is 4. The van der Waals surface area contributed by atoms with E-state index in [1.807, 2.05) is 39.0 Å². The molecular formula is C20H26N2O2S. The van der Waals surface area contributed by atoms with Gasteiger partial charge >= 0.3 is 0 Å². The molecule has 0 spiro atoms. The molecular weight excluding hydrogens is 332 g/mol. The Bertz CT molecular complexity index is 856. The zero-order chi connectivity index (χ0) is 18.6. The Morgan fingerprint density at radius 2 is 1.68 bits per heavy atom. The second-order valence-corrected chi connectivity index (χ2v) is 6.59. The van der Waals surface area contributed by atoms with Crippen LogP contribution < -0.4 is 9.47 Å². The van der Waals surface area contributed by atoms with E-state index in [-0.39, 0.29) is 0 Å². The van der Waals surface area contributed by atoms with Crippen molar-refractivity contribution >= 4 is 22.2 Å². The van der Waals surface area contributed by atoms with Gasteiger partial charge in [-0.15, -0.1) is 11.3 Å². The highest BCUT2D eigenvalue weighted by Gasteiger charge is 2.15. The fourth-order valence-corrected chi connectivity index (χ4v) is 3.49. The highest BCUT2D eigenvalue weighted by Crippen LogP contribution is 2.36. The first kappa shape index (κ1) is 19.2. The molecule has 3 rings (SSSR count). The summed E-state index contributed by atoms with van der Waals surface area (Å²) in [6.45, 7) is 10.3. The minimum Gasteiger partial charge on any atom is -0.496 e. The van der Waals surface area contributed by atoms with Crippen LogP contribution in [-0.4, -0.2) is 24.2 Å². The maximum Gasteiger partial charge on any atom is 0.142 e. The summed E-state index contributed by atoms with van der Waals surface area (Å²) in [5, 5.41) is 3.99. The summed E-state index contributed by atoms with van der Waals surface area (Å²) in [6.07, 6.45) is 0. The lowest BCUT2D eigenvalue weighted by molar-refractivity contribution is 0.411. The molecule has 5 heteroatoms. The predicted molar refractivity (Wildman–Crippen MR) is 106 cm³/mol. The summed E-state index contributed by atoms with van der Waals surface area (Å²) < 4.78 is 11.0. The molecule has 4 nitrogen and oxygen atoms in total. The Labute approximate surface area is 153 Å². The molecule has 0 aliphatic rings. The minimum atomic E-state index is 0.407. The third-order valence-corrected chi connectivity index (χ3v) is 4.80. The number of benzene rings is 1. The van der Waals surface area contributed by atoms with Crippen LogP contribution in [0.1, 0.15) is 44.9 Å². The van der Waals surface area contributed by atoms with E-state index in [2.05, 4.69) is 19.2 Å². The van der Waals surface area contributed by atoms with Gasteiger partial charge in [0.05, 0.1) is 25.4 Å². The third-order valence-electron chi connectivity index (χ3n) is 3.92. The maximum absolute atomic E-state index is 5.57. The van der Waals surface area contributed by atoms with Gasteiger partial charge in [0.25, 0.3) is 0 Å². The van der Waals surface area contributed by atoms with Crippen molar-refractivity contribution in [3.8, 4) is 22.2 Å². The largest absolute Gasteiger partial charge is 0.496 e. The smallest absolute Gasteiger partial charge is 0.142 e. The zero-order valence-electron chi connectivity index (χ0n) is 16.0. The molecule has 0 aliphatic heterocycles. The van der Waals surface area contributed by atoms with E-state index in [0.717, 1.165) is 44.4 Å². The van der Waals surface area contributed by atoms with Gasteiger partial charge in [0.1, 0.15) is 22.2 Å². The quantitative estimate of drug-likeness (QED) is 0.588. The number of nitrogens with zero attached hydrogens (tertiary/aromatic N) is 2. The molecule has 0 bridgehead atoms. The topological polar surface area (TPSA) is 44.2 Å². The normalized spacial score (nSPS) is 10.6. The van der Waals surface area contributed by atoms with Crippen molar-refractivity contribution in [3.63, 3.8) is 0 Å². The number of aromatic nitrogens is 2. The Hall–Kier alpha value is -2.14. The Balaban J connectivity index is 0.00000109. The fraction of sp³-hybridized carbons (Fsp3) is 0.400. The third kappa shape index (κ3) is 3.76. The summed E-state index contributed by atoms with van der Waals surface area (Å²) in [5.41, 5.74) is 3.82. The van der Waals surface area contributed by atoms with Gasteiger partial charge in [0.2, 0.25) is 0 Å². The molecule has 3 aromatic rings. The van der Waals surface area contributed by atoms with Gasteiger partial charge in [-0.05, 0) is 25.0 Å². The van der Waals surface area contributed by atoms with Crippen molar-refractivity contribution in [2.45, 2.75) is 40.5 Å². The lowest BCUT2D eigenvalue weighted by atomic mass is 10.1. The molecule has 0 unspecified atom stereocenters. The average molecular weight is 359 g/mol. The SMILES string of the molecule is CC.COc1ccc2c(OC)cc(-c3nc(C(C)C)cs3)nc2c1C. The lowest BCUT2D eigenvalue weighted by Crippen LogP contribution is -1.95. The minimum absolute atomic E-state index is 0.407. The van der Waals surface area contributed by atoms with Crippen LogP contribution in [0, 0.1) is 6.92 Å². The molecule has 134 valence electrons. The van der Waals surface area contributed by atoms with Crippen molar-refractivity contribution in [3.05, 3.63) is 34.8 Å². The van der Waals surface area contributed by atoms with Crippen LogP contribution in [0.3, 0.4) is 0 Å². The summed E-state index contributed by atoms with van der Waals surface area (Å²) in [6, 6.07) is 5.89. The van der Waals surface area contributed by atoms with Crippen molar-refractivity contribution in [1.29, 1.82) is 0 Å². The first-order chi connectivity index (χ1) is 12.0. The van der Waals surface area contributed by atoms with Crippen LogP contribution in [0.25, 0.3) is 21.6 Å². The molecule has 0 atom stereocenters. The van der Waals surface area contributed by atoms with Gasteiger partial charge < -0.3 is 9.47 Å². The maximum atomic E-state index is 5.57. The number of methoxy groups -OCH3 is 2. The molecule has 0 radical (unpaired) electrons. The molecule has 2 aromatic heterocycles. The standard InChI is InChI=1S/C18H20N2O2S.C2H6/c1-10(2)14-9-23-18(20-14)13-8-16(22-5)12-6-7-15(21-4)11(3)17(12)19-13;1-2/h6-10H,1-5H3;1-2H3. The number of fused-ring (bicyclic) bond motifs is 1. The second kappa shape index (κ2) is 8.30. The van der Waals surface area contributed by atoms with Gasteiger partial charge in [-0.3, -0.25) is 0 Å². The Morgan fingerprint density at radius 1 is 1.00 bits per heavy atom. The van der Waals surface area contributed by atoms with Crippen LogP contribution in [0.4, 0.5) is 0 Å². The number of pyridine rings is 1.